The molecule has 6 aromatic carbocycles. The lowest BCUT2D eigenvalue weighted by molar-refractivity contribution is 0.849. The first-order valence-electron chi connectivity index (χ1n) is 17.9. The average molecular weight is 688 g/mol. The normalized spacial score (nSPS) is 16.5. The number of rotatable bonds is 4. The van der Waals surface area contributed by atoms with E-state index >= 15 is 0 Å². The molecule has 0 spiro atoms. The Hall–Kier alpha value is -5.35. The molecule has 2 aliphatic carbocycles. The standard InChI is InChI=1S/C48H33NS2/c1-3-10-30(11-4-1)32-18-22-37-38-23-19-33(31-12-5-2-6-13-31)28-43(38)49(42(37)27-32)35-21-24-39-41-26-34(20-25-45(41)51-47(39)29-35)36-15-9-17-46-48(36)40-14-7-8-16-44(40)50-46/h1-18,20-22,24-25,27-29,41H,19,23,26H2. The Bertz CT molecular complexity index is 2790. The number of allylic oxidation sites excluding steroid dienone is 5. The van der Waals surface area contributed by atoms with Crippen LogP contribution in [-0.4, -0.2) is 4.57 Å². The van der Waals surface area contributed by atoms with Crippen LogP contribution in [0.15, 0.2) is 161 Å². The van der Waals surface area contributed by atoms with Gasteiger partial charge in [0, 0.05) is 42.1 Å². The third kappa shape index (κ3) is 4.69. The number of hydrogen-bond donors (Lipinski definition) is 0. The van der Waals surface area contributed by atoms with E-state index in [0.29, 0.717) is 5.92 Å². The second-order valence-corrected chi connectivity index (χ2v) is 16.2. The van der Waals surface area contributed by atoms with Crippen molar-refractivity contribution in [2.24, 2.45) is 0 Å². The lowest BCUT2D eigenvalue weighted by Crippen LogP contribution is -2.04. The summed E-state index contributed by atoms with van der Waals surface area (Å²) in [5.74, 6) is 0.392. The molecule has 3 heterocycles. The van der Waals surface area contributed by atoms with E-state index in [2.05, 4.69) is 162 Å². The number of thiophene rings is 1. The molecule has 0 radical (unpaired) electrons. The van der Waals surface area contributed by atoms with Crippen LogP contribution in [0.1, 0.15) is 46.7 Å². The molecule has 2 aromatic heterocycles. The maximum Gasteiger partial charge on any atom is 0.0543 e. The molecule has 8 aromatic rings. The fraction of sp³-hybridized carbons (Fsp3) is 0.0833. The van der Waals surface area contributed by atoms with Crippen LogP contribution < -0.4 is 0 Å². The minimum atomic E-state index is 0.392. The Morgan fingerprint density at radius 2 is 1.39 bits per heavy atom. The van der Waals surface area contributed by atoms with Gasteiger partial charge in [-0.1, -0.05) is 133 Å². The third-order valence-electron chi connectivity index (χ3n) is 11.1. The fourth-order valence-corrected chi connectivity index (χ4v) is 11.1. The lowest BCUT2D eigenvalue weighted by atomic mass is 9.84. The summed E-state index contributed by atoms with van der Waals surface area (Å²) in [6.07, 6.45) is 10.4. The molecule has 1 atom stereocenters. The van der Waals surface area contributed by atoms with Gasteiger partial charge in [-0.3, -0.25) is 0 Å². The molecule has 1 nitrogen and oxygen atoms in total. The zero-order chi connectivity index (χ0) is 33.5. The predicted molar refractivity (Wildman–Crippen MR) is 220 cm³/mol. The summed E-state index contributed by atoms with van der Waals surface area (Å²) in [7, 11) is 0. The molecule has 0 bridgehead atoms. The Labute approximate surface area is 305 Å². The van der Waals surface area contributed by atoms with E-state index in [0.717, 1.165) is 19.3 Å². The van der Waals surface area contributed by atoms with Gasteiger partial charge in [0.05, 0.1) is 11.2 Å². The molecular formula is C48H33NS2. The van der Waals surface area contributed by atoms with Crippen LogP contribution >= 0.6 is 23.1 Å². The van der Waals surface area contributed by atoms with E-state index < -0.39 is 0 Å². The molecule has 0 saturated heterocycles. The van der Waals surface area contributed by atoms with Gasteiger partial charge in [0.25, 0.3) is 0 Å². The van der Waals surface area contributed by atoms with Crippen LogP contribution in [0.4, 0.5) is 0 Å². The van der Waals surface area contributed by atoms with Gasteiger partial charge in [-0.05, 0) is 105 Å². The number of hydrogen-bond acceptors (Lipinski definition) is 2. The molecule has 0 amide bonds. The van der Waals surface area contributed by atoms with Crippen LogP contribution in [-0.2, 0) is 6.42 Å². The minimum absolute atomic E-state index is 0.392. The highest BCUT2D eigenvalue weighted by Crippen LogP contribution is 2.55. The molecular weight excluding hydrogens is 655 g/mol. The molecule has 3 heteroatoms. The van der Waals surface area contributed by atoms with Gasteiger partial charge in [0.2, 0.25) is 0 Å². The zero-order valence-electron chi connectivity index (χ0n) is 28.0. The SMILES string of the molecule is C1=C(c2ccccc2)CCc2c1n(-c1ccc3c(c1)SC1=CC=C(c4cccc5sc6ccccc6c45)CC13)c1cc(-c3ccccc3)ccc21. The quantitative estimate of drug-likeness (QED) is 0.178. The molecule has 0 fully saturated rings. The molecule has 0 saturated carbocycles. The molecule has 51 heavy (non-hydrogen) atoms. The van der Waals surface area contributed by atoms with Gasteiger partial charge in [-0.15, -0.1) is 11.3 Å². The number of benzene rings is 6. The second-order valence-electron chi connectivity index (χ2n) is 14.0. The number of aryl methyl sites for hydroxylation is 1. The van der Waals surface area contributed by atoms with Crippen molar-refractivity contribution in [2.45, 2.75) is 30.1 Å². The summed E-state index contributed by atoms with van der Waals surface area (Å²) in [6, 6.07) is 51.8. The smallest absolute Gasteiger partial charge is 0.0543 e. The number of nitrogens with zero attached hydrogens (tertiary/aromatic N) is 1. The van der Waals surface area contributed by atoms with E-state index in [9.17, 15) is 0 Å². The van der Waals surface area contributed by atoms with Crippen LogP contribution in [0.5, 0.6) is 0 Å². The minimum Gasteiger partial charge on any atom is -0.310 e. The summed E-state index contributed by atoms with van der Waals surface area (Å²) in [6.45, 7) is 0. The van der Waals surface area contributed by atoms with E-state index in [1.807, 2.05) is 23.1 Å². The molecule has 11 rings (SSSR count). The van der Waals surface area contributed by atoms with E-state index in [4.69, 9.17) is 0 Å². The molecule has 1 aliphatic heterocycles. The zero-order valence-corrected chi connectivity index (χ0v) is 29.6. The topological polar surface area (TPSA) is 4.93 Å². The van der Waals surface area contributed by atoms with Gasteiger partial charge in [0.15, 0.2) is 0 Å². The lowest BCUT2D eigenvalue weighted by Gasteiger charge is -2.21. The summed E-state index contributed by atoms with van der Waals surface area (Å²) < 4.78 is 5.28. The number of aromatic nitrogens is 1. The first kappa shape index (κ1) is 29.4. The largest absolute Gasteiger partial charge is 0.310 e. The Kier molecular flexibility index (Phi) is 6.68. The average Bonchev–Trinajstić information content (AvgIpc) is 3.86. The highest BCUT2D eigenvalue weighted by molar-refractivity contribution is 8.03. The van der Waals surface area contributed by atoms with Crippen molar-refractivity contribution in [1.82, 2.24) is 4.57 Å². The maximum absolute atomic E-state index is 2.54. The Morgan fingerprint density at radius 1 is 0.588 bits per heavy atom. The van der Waals surface area contributed by atoms with E-state index in [-0.39, 0.29) is 0 Å². The molecule has 1 unspecified atom stereocenters. The fourth-order valence-electron chi connectivity index (χ4n) is 8.72. The first-order valence-corrected chi connectivity index (χ1v) is 19.5. The van der Waals surface area contributed by atoms with Gasteiger partial charge >= 0.3 is 0 Å². The predicted octanol–water partition coefficient (Wildman–Crippen LogP) is 13.7. The van der Waals surface area contributed by atoms with Crippen LogP contribution in [0.3, 0.4) is 0 Å². The van der Waals surface area contributed by atoms with Gasteiger partial charge in [-0.2, -0.15) is 0 Å². The number of thioether (sulfide) groups is 1. The molecule has 0 N–H and O–H groups in total. The van der Waals surface area contributed by atoms with Crippen LogP contribution in [0.2, 0.25) is 0 Å². The summed E-state index contributed by atoms with van der Waals surface area (Å²) in [5, 5.41) is 4.14. The van der Waals surface area contributed by atoms with Crippen molar-refractivity contribution in [1.29, 1.82) is 0 Å². The highest BCUT2D eigenvalue weighted by atomic mass is 32.2. The van der Waals surface area contributed by atoms with Gasteiger partial charge in [0.1, 0.15) is 0 Å². The van der Waals surface area contributed by atoms with Gasteiger partial charge in [-0.25, -0.2) is 0 Å². The van der Waals surface area contributed by atoms with E-state index in [1.54, 1.807) is 0 Å². The summed E-state index contributed by atoms with van der Waals surface area (Å²) in [5.41, 5.74) is 14.8. The van der Waals surface area contributed by atoms with Crippen LogP contribution in [0.25, 0.3) is 65.1 Å². The second kappa shape index (κ2) is 11.6. The number of fused-ring (bicyclic) bond motifs is 9. The molecule has 3 aliphatic rings. The summed E-state index contributed by atoms with van der Waals surface area (Å²) >= 11 is 3.87. The van der Waals surface area contributed by atoms with Crippen molar-refractivity contribution >= 4 is 71.4 Å². The third-order valence-corrected chi connectivity index (χ3v) is 13.5. The van der Waals surface area contributed by atoms with Crippen molar-refractivity contribution in [3.8, 4) is 16.8 Å². The van der Waals surface area contributed by atoms with Crippen molar-refractivity contribution in [3.63, 3.8) is 0 Å². The van der Waals surface area contributed by atoms with Crippen molar-refractivity contribution in [2.75, 3.05) is 0 Å². The van der Waals surface area contributed by atoms with Crippen molar-refractivity contribution < 1.29 is 0 Å². The van der Waals surface area contributed by atoms with E-state index in [1.165, 1.54) is 96.8 Å². The molecule has 242 valence electrons. The van der Waals surface area contributed by atoms with Crippen LogP contribution in [0, 0.1) is 0 Å². The first-order chi connectivity index (χ1) is 25.3. The Balaban J connectivity index is 1.02. The summed E-state index contributed by atoms with van der Waals surface area (Å²) in [4.78, 5) is 2.85. The van der Waals surface area contributed by atoms with Gasteiger partial charge < -0.3 is 4.57 Å². The monoisotopic (exact) mass is 687 g/mol. The van der Waals surface area contributed by atoms with Crippen molar-refractivity contribution in [3.05, 3.63) is 185 Å². The maximum atomic E-state index is 2.54. The highest BCUT2D eigenvalue weighted by Gasteiger charge is 2.32. The Morgan fingerprint density at radius 3 is 2.27 bits per heavy atom.